The predicted octanol–water partition coefficient (Wildman–Crippen LogP) is 1.36. The van der Waals surface area contributed by atoms with E-state index in [9.17, 15) is 13.2 Å². The third kappa shape index (κ3) is 3.13. The molecule has 0 aromatic heterocycles. The fraction of sp³-hybridized carbons (Fsp3) is 0.462. The van der Waals surface area contributed by atoms with E-state index in [-0.39, 0.29) is 30.3 Å². The summed E-state index contributed by atoms with van der Waals surface area (Å²) in [5.74, 6) is -0.0746. The Morgan fingerprint density at radius 3 is 2.50 bits per heavy atom. The van der Waals surface area contributed by atoms with Gasteiger partial charge in [-0.2, -0.15) is 0 Å². The van der Waals surface area contributed by atoms with Crippen LogP contribution in [-0.2, 0) is 19.4 Å². The summed E-state index contributed by atoms with van der Waals surface area (Å²) >= 11 is 5.74. The number of methoxy groups -OCH3 is 1. The fourth-order valence-corrected chi connectivity index (χ4v) is 3.78. The van der Waals surface area contributed by atoms with Crippen LogP contribution >= 0.6 is 11.6 Å². The van der Waals surface area contributed by atoms with Gasteiger partial charge in [-0.1, -0.05) is 11.6 Å². The summed E-state index contributed by atoms with van der Waals surface area (Å²) in [6.07, 6.45) is 0.282. The van der Waals surface area contributed by atoms with Gasteiger partial charge in [-0.05, 0) is 24.3 Å². The van der Waals surface area contributed by atoms with Gasteiger partial charge >= 0.3 is 0 Å². The van der Waals surface area contributed by atoms with Crippen LogP contribution in [0.2, 0.25) is 5.02 Å². The number of hydrogen-bond acceptors (Lipinski definition) is 4. The van der Waals surface area contributed by atoms with Crippen LogP contribution in [-0.4, -0.2) is 51.3 Å². The molecule has 0 radical (unpaired) electrons. The molecule has 0 N–H and O–H groups in total. The highest BCUT2D eigenvalue weighted by atomic mass is 35.5. The molecule has 0 unspecified atom stereocenters. The van der Waals surface area contributed by atoms with Gasteiger partial charge < -0.3 is 9.64 Å². The standard InChI is InChI=1S/C13H16ClNO4S/c1-19-7-6-13(16)15-8-12(9-15)20(17,18)11-4-2-10(14)3-5-11/h2-5,12H,6-9H2,1H3. The Balaban J connectivity index is 1.97. The Labute approximate surface area is 123 Å². The molecule has 1 aromatic carbocycles. The van der Waals surface area contributed by atoms with Gasteiger partial charge in [0.15, 0.2) is 9.84 Å². The first-order valence-electron chi connectivity index (χ1n) is 6.21. The first-order valence-corrected chi connectivity index (χ1v) is 8.13. The van der Waals surface area contributed by atoms with Crippen molar-refractivity contribution in [3.63, 3.8) is 0 Å². The summed E-state index contributed by atoms with van der Waals surface area (Å²) in [4.78, 5) is 13.5. The van der Waals surface area contributed by atoms with Crippen molar-refractivity contribution >= 4 is 27.3 Å². The molecule has 2 rings (SSSR count). The number of amides is 1. The number of carbonyl (C=O) groups is 1. The van der Waals surface area contributed by atoms with Crippen molar-refractivity contribution in [1.82, 2.24) is 4.90 Å². The van der Waals surface area contributed by atoms with E-state index in [0.717, 1.165) is 0 Å². The molecule has 1 aromatic rings. The molecule has 5 nitrogen and oxygen atoms in total. The minimum Gasteiger partial charge on any atom is -0.384 e. The number of sulfone groups is 1. The molecule has 0 saturated carbocycles. The molecule has 1 saturated heterocycles. The van der Waals surface area contributed by atoms with E-state index in [2.05, 4.69) is 0 Å². The molecular formula is C13H16ClNO4S. The molecule has 1 amide bonds. The first-order chi connectivity index (χ1) is 9.45. The average Bonchev–Trinajstić information content (AvgIpc) is 2.34. The molecule has 0 bridgehead atoms. The third-order valence-electron chi connectivity index (χ3n) is 3.30. The molecule has 7 heteroatoms. The van der Waals surface area contributed by atoms with E-state index in [1.807, 2.05) is 0 Å². The van der Waals surface area contributed by atoms with Gasteiger partial charge in [-0.3, -0.25) is 4.79 Å². The highest BCUT2D eigenvalue weighted by Gasteiger charge is 2.40. The Bertz CT molecular complexity index is 579. The first kappa shape index (κ1) is 15.3. The lowest BCUT2D eigenvalue weighted by Gasteiger charge is -2.38. The van der Waals surface area contributed by atoms with Crippen molar-refractivity contribution in [2.75, 3.05) is 26.8 Å². The summed E-state index contributed by atoms with van der Waals surface area (Å²) in [6, 6.07) is 6.09. The second-order valence-electron chi connectivity index (χ2n) is 4.66. The van der Waals surface area contributed by atoms with Crippen LogP contribution in [0.1, 0.15) is 6.42 Å². The lowest BCUT2D eigenvalue weighted by Crippen LogP contribution is -2.56. The van der Waals surface area contributed by atoms with E-state index >= 15 is 0 Å². The van der Waals surface area contributed by atoms with Gasteiger partial charge in [0.25, 0.3) is 0 Å². The number of ether oxygens (including phenoxy) is 1. The number of rotatable bonds is 5. The molecule has 20 heavy (non-hydrogen) atoms. The van der Waals surface area contributed by atoms with E-state index in [1.165, 1.54) is 24.1 Å². The highest BCUT2D eigenvalue weighted by molar-refractivity contribution is 7.92. The largest absolute Gasteiger partial charge is 0.384 e. The fourth-order valence-electron chi connectivity index (χ4n) is 2.00. The van der Waals surface area contributed by atoms with Gasteiger partial charge in [0.2, 0.25) is 5.91 Å². The van der Waals surface area contributed by atoms with Crippen LogP contribution in [0.25, 0.3) is 0 Å². The van der Waals surface area contributed by atoms with Crippen molar-refractivity contribution in [2.24, 2.45) is 0 Å². The Hall–Kier alpha value is -1.11. The molecule has 1 aliphatic rings. The second kappa shape index (κ2) is 6.11. The minimum atomic E-state index is -3.39. The SMILES string of the molecule is COCCC(=O)N1CC(S(=O)(=O)c2ccc(Cl)cc2)C1. The molecule has 1 aliphatic heterocycles. The average molecular weight is 318 g/mol. The summed E-state index contributed by atoms with van der Waals surface area (Å²) < 4.78 is 29.4. The summed E-state index contributed by atoms with van der Waals surface area (Å²) in [5, 5.41) is -0.0379. The number of carbonyl (C=O) groups excluding carboxylic acids is 1. The Morgan fingerprint density at radius 2 is 1.95 bits per heavy atom. The molecular weight excluding hydrogens is 302 g/mol. The van der Waals surface area contributed by atoms with E-state index in [1.54, 1.807) is 12.1 Å². The number of benzene rings is 1. The van der Waals surface area contributed by atoms with E-state index in [4.69, 9.17) is 16.3 Å². The molecule has 1 heterocycles. The lowest BCUT2D eigenvalue weighted by molar-refractivity contribution is -0.135. The lowest BCUT2D eigenvalue weighted by atomic mass is 10.2. The van der Waals surface area contributed by atoms with Gasteiger partial charge in [-0.25, -0.2) is 8.42 Å². The van der Waals surface area contributed by atoms with Crippen LogP contribution in [0.5, 0.6) is 0 Å². The quantitative estimate of drug-likeness (QED) is 0.822. The summed E-state index contributed by atoms with van der Waals surface area (Å²) in [6.45, 7) is 0.838. The van der Waals surface area contributed by atoms with Crippen molar-refractivity contribution in [3.8, 4) is 0 Å². The van der Waals surface area contributed by atoms with Crippen molar-refractivity contribution in [3.05, 3.63) is 29.3 Å². The Morgan fingerprint density at radius 1 is 1.35 bits per heavy atom. The maximum Gasteiger partial charge on any atom is 0.224 e. The molecule has 0 spiro atoms. The van der Waals surface area contributed by atoms with Gasteiger partial charge in [0.1, 0.15) is 5.25 Å². The molecule has 1 fully saturated rings. The highest BCUT2D eigenvalue weighted by Crippen LogP contribution is 2.25. The van der Waals surface area contributed by atoms with Crippen LogP contribution in [0.4, 0.5) is 0 Å². The minimum absolute atomic E-state index is 0.0746. The maximum atomic E-state index is 12.3. The molecule has 0 aliphatic carbocycles. The van der Waals surface area contributed by atoms with Crippen molar-refractivity contribution < 1.29 is 17.9 Å². The third-order valence-corrected chi connectivity index (χ3v) is 5.66. The van der Waals surface area contributed by atoms with Gasteiger partial charge in [0, 0.05) is 25.2 Å². The zero-order chi connectivity index (χ0) is 14.8. The number of halogens is 1. The smallest absolute Gasteiger partial charge is 0.224 e. The number of likely N-dealkylation sites (tertiary alicyclic amines) is 1. The topological polar surface area (TPSA) is 63.7 Å². The maximum absolute atomic E-state index is 12.3. The van der Waals surface area contributed by atoms with Crippen molar-refractivity contribution in [1.29, 1.82) is 0 Å². The number of hydrogen-bond donors (Lipinski definition) is 0. The number of nitrogens with zero attached hydrogens (tertiary/aromatic N) is 1. The predicted molar refractivity (Wildman–Crippen MR) is 75.5 cm³/mol. The zero-order valence-electron chi connectivity index (χ0n) is 11.1. The zero-order valence-corrected chi connectivity index (χ0v) is 12.7. The summed E-state index contributed by atoms with van der Waals surface area (Å²) in [5.41, 5.74) is 0. The van der Waals surface area contributed by atoms with Crippen LogP contribution in [0, 0.1) is 0 Å². The van der Waals surface area contributed by atoms with Crippen LogP contribution in [0.15, 0.2) is 29.2 Å². The monoisotopic (exact) mass is 317 g/mol. The molecule has 110 valence electrons. The van der Waals surface area contributed by atoms with Crippen LogP contribution in [0.3, 0.4) is 0 Å². The molecule has 0 atom stereocenters. The normalized spacial score (nSPS) is 16.0. The van der Waals surface area contributed by atoms with Crippen LogP contribution < -0.4 is 0 Å². The second-order valence-corrected chi connectivity index (χ2v) is 7.33. The summed E-state index contributed by atoms with van der Waals surface area (Å²) in [7, 11) is -1.86. The van der Waals surface area contributed by atoms with E-state index in [0.29, 0.717) is 11.6 Å². The van der Waals surface area contributed by atoms with Gasteiger partial charge in [-0.15, -0.1) is 0 Å². The Kier molecular flexibility index (Phi) is 4.67. The van der Waals surface area contributed by atoms with Crippen molar-refractivity contribution in [2.45, 2.75) is 16.6 Å². The van der Waals surface area contributed by atoms with E-state index < -0.39 is 15.1 Å². The van der Waals surface area contributed by atoms with Gasteiger partial charge in [0.05, 0.1) is 17.9 Å².